The van der Waals surface area contributed by atoms with Gasteiger partial charge in [-0.25, -0.2) is 17.9 Å². The Morgan fingerprint density at radius 3 is 2.38 bits per heavy atom. The number of hydrogen-bond donors (Lipinski definition) is 2. The summed E-state index contributed by atoms with van der Waals surface area (Å²) in [5.74, 6) is -1.29. The minimum absolute atomic E-state index is 0.0172. The average molecular weight is 316 g/mol. The van der Waals surface area contributed by atoms with E-state index in [9.17, 15) is 17.6 Å². The lowest BCUT2D eigenvalue weighted by Gasteiger charge is -2.27. The third-order valence-electron chi connectivity index (χ3n) is 3.56. The van der Waals surface area contributed by atoms with Crippen LogP contribution in [0.4, 0.5) is 4.39 Å². The lowest BCUT2D eigenvalue weighted by atomic mass is 9.82. The van der Waals surface area contributed by atoms with E-state index in [1.165, 1.54) is 0 Å². The molecule has 1 aromatic carbocycles. The summed E-state index contributed by atoms with van der Waals surface area (Å²) < 4.78 is 36.0. The van der Waals surface area contributed by atoms with Gasteiger partial charge in [-0.2, -0.15) is 0 Å². The quantitative estimate of drug-likeness (QED) is 0.889. The van der Waals surface area contributed by atoms with Crippen molar-refractivity contribution in [1.82, 2.24) is 5.32 Å². The molecule has 7 heteroatoms. The van der Waals surface area contributed by atoms with E-state index in [1.807, 2.05) is 27.7 Å². The molecule has 0 saturated heterocycles. The van der Waals surface area contributed by atoms with Crippen LogP contribution in [-0.2, 0) is 10.0 Å². The Kier molecular flexibility index (Phi) is 5.11. The highest BCUT2D eigenvalue weighted by Crippen LogP contribution is 2.24. The molecule has 1 amide bonds. The molecule has 0 saturated carbocycles. The number of benzene rings is 1. The number of nitrogens with two attached hydrogens (primary N) is 1. The predicted octanol–water partition coefficient (Wildman–Crippen LogP) is 1.89. The number of sulfonamides is 1. The zero-order chi connectivity index (χ0) is 16.4. The lowest BCUT2D eigenvalue weighted by molar-refractivity contribution is 0.0933. The van der Waals surface area contributed by atoms with Gasteiger partial charge in [0.05, 0.1) is 10.5 Å². The second-order valence-electron chi connectivity index (χ2n) is 6.16. The van der Waals surface area contributed by atoms with Gasteiger partial charge in [-0.05, 0) is 29.5 Å². The van der Waals surface area contributed by atoms with Crippen molar-refractivity contribution in [3.63, 3.8) is 0 Å². The second kappa shape index (κ2) is 6.11. The van der Waals surface area contributed by atoms with Gasteiger partial charge < -0.3 is 5.32 Å². The minimum Gasteiger partial charge on any atom is -0.352 e. The van der Waals surface area contributed by atoms with Crippen molar-refractivity contribution in [2.45, 2.75) is 32.6 Å². The largest absolute Gasteiger partial charge is 0.352 e. The van der Waals surface area contributed by atoms with Gasteiger partial charge in [0, 0.05) is 6.54 Å². The number of carbonyl (C=O) groups excluding carboxylic acids is 1. The van der Waals surface area contributed by atoms with E-state index in [0.29, 0.717) is 6.54 Å². The van der Waals surface area contributed by atoms with E-state index in [2.05, 4.69) is 5.32 Å². The van der Waals surface area contributed by atoms with Crippen molar-refractivity contribution in [2.75, 3.05) is 6.54 Å². The maximum Gasteiger partial charge on any atom is 0.254 e. The Balaban J connectivity index is 2.85. The maximum atomic E-state index is 13.8. The first kappa shape index (κ1) is 17.6. The molecule has 0 radical (unpaired) electrons. The number of nitrogens with one attached hydrogen (secondary N) is 1. The summed E-state index contributed by atoms with van der Waals surface area (Å²) in [5, 5.41) is 7.55. The Morgan fingerprint density at radius 2 is 1.95 bits per heavy atom. The summed E-state index contributed by atoms with van der Waals surface area (Å²) in [7, 11) is -3.98. The SMILES string of the molecule is CC(CNC(=O)c1ccc(S(N)(=O)=O)cc1F)C(C)(C)C. The number of carbonyl (C=O) groups is 1. The fraction of sp³-hybridized carbons (Fsp3) is 0.500. The molecule has 1 aromatic rings. The molecule has 0 heterocycles. The summed E-state index contributed by atoms with van der Waals surface area (Å²) in [4.78, 5) is 11.6. The maximum absolute atomic E-state index is 13.8. The first-order valence-electron chi connectivity index (χ1n) is 6.53. The van der Waals surface area contributed by atoms with Crippen molar-refractivity contribution in [3.8, 4) is 0 Å². The monoisotopic (exact) mass is 316 g/mol. The molecule has 5 nitrogen and oxygen atoms in total. The second-order valence-corrected chi connectivity index (χ2v) is 7.73. The van der Waals surface area contributed by atoms with Crippen LogP contribution in [-0.4, -0.2) is 20.9 Å². The number of amides is 1. The fourth-order valence-electron chi connectivity index (χ4n) is 1.50. The number of primary sulfonamides is 1. The van der Waals surface area contributed by atoms with E-state index >= 15 is 0 Å². The molecular weight excluding hydrogens is 295 g/mol. The smallest absolute Gasteiger partial charge is 0.254 e. The van der Waals surface area contributed by atoms with E-state index in [1.54, 1.807) is 0 Å². The van der Waals surface area contributed by atoms with Gasteiger partial charge in [0.25, 0.3) is 5.91 Å². The van der Waals surface area contributed by atoms with E-state index in [4.69, 9.17) is 5.14 Å². The fourth-order valence-corrected chi connectivity index (χ4v) is 2.03. The Bertz CT molecular complexity index is 636. The zero-order valence-electron chi connectivity index (χ0n) is 12.6. The van der Waals surface area contributed by atoms with Crippen LogP contribution in [0.15, 0.2) is 23.1 Å². The molecule has 0 aliphatic rings. The molecule has 1 rings (SSSR count). The van der Waals surface area contributed by atoms with Crippen LogP contribution in [0, 0.1) is 17.2 Å². The highest BCUT2D eigenvalue weighted by Gasteiger charge is 2.22. The van der Waals surface area contributed by atoms with Crippen molar-refractivity contribution in [2.24, 2.45) is 16.5 Å². The topological polar surface area (TPSA) is 89.3 Å². The third-order valence-corrected chi connectivity index (χ3v) is 4.47. The Hall–Kier alpha value is -1.47. The highest BCUT2D eigenvalue weighted by molar-refractivity contribution is 7.89. The summed E-state index contributed by atoms with van der Waals surface area (Å²) in [5.41, 5.74) is -0.188. The third kappa shape index (κ3) is 4.78. The predicted molar refractivity (Wildman–Crippen MR) is 78.7 cm³/mol. The first-order valence-corrected chi connectivity index (χ1v) is 8.08. The van der Waals surface area contributed by atoms with Crippen molar-refractivity contribution in [1.29, 1.82) is 0 Å². The Labute approximate surface area is 124 Å². The van der Waals surface area contributed by atoms with E-state index < -0.39 is 21.7 Å². The highest BCUT2D eigenvalue weighted by atomic mass is 32.2. The lowest BCUT2D eigenvalue weighted by Crippen LogP contribution is -2.34. The standard InChI is InChI=1S/C14H21FN2O3S/c1-9(14(2,3)4)8-17-13(18)11-6-5-10(7-12(11)15)21(16,19)20/h5-7,9H,8H2,1-4H3,(H,17,18)(H2,16,19,20). The van der Waals surface area contributed by atoms with Crippen molar-refractivity contribution in [3.05, 3.63) is 29.6 Å². The Morgan fingerprint density at radius 1 is 1.38 bits per heavy atom. The first-order chi connectivity index (χ1) is 9.43. The van der Waals surface area contributed by atoms with Crippen molar-refractivity contribution >= 4 is 15.9 Å². The van der Waals surface area contributed by atoms with Gasteiger partial charge in [0.1, 0.15) is 5.82 Å². The zero-order valence-corrected chi connectivity index (χ0v) is 13.4. The van der Waals surface area contributed by atoms with E-state index in [0.717, 1.165) is 18.2 Å². The molecule has 0 spiro atoms. The van der Waals surface area contributed by atoms with Crippen LogP contribution in [0.3, 0.4) is 0 Å². The van der Waals surface area contributed by atoms with Crippen LogP contribution in [0.1, 0.15) is 38.1 Å². The van der Waals surface area contributed by atoms with Crippen molar-refractivity contribution < 1.29 is 17.6 Å². The van der Waals surface area contributed by atoms with Crippen LogP contribution >= 0.6 is 0 Å². The molecule has 21 heavy (non-hydrogen) atoms. The molecule has 0 aliphatic carbocycles. The van der Waals surface area contributed by atoms with Gasteiger partial charge in [-0.3, -0.25) is 4.79 Å². The molecule has 0 aromatic heterocycles. The van der Waals surface area contributed by atoms with Gasteiger partial charge >= 0.3 is 0 Å². The van der Waals surface area contributed by atoms with Crippen LogP contribution in [0.5, 0.6) is 0 Å². The van der Waals surface area contributed by atoms with Crippen LogP contribution in [0.2, 0.25) is 0 Å². The molecule has 0 fully saturated rings. The van der Waals surface area contributed by atoms with Crippen LogP contribution < -0.4 is 10.5 Å². The van der Waals surface area contributed by atoms with Gasteiger partial charge in [-0.15, -0.1) is 0 Å². The minimum atomic E-state index is -3.98. The normalized spacial score (nSPS) is 13.8. The molecule has 0 bridgehead atoms. The number of rotatable bonds is 4. The molecule has 1 atom stereocenters. The molecule has 3 N–H and O–H groups in total. The average Bonchev–Trinajstić information content (AvgIpc) is 2.33. The molecule has 0 aliphatic heterocycles. The van der Waals surface area contributed by atoms with Gasteiger partial charge in [0.15, 0.2) is 0 Å². The van der Waals surface area contributed by atoms with Gasteiger partial charge in [-0.1, -0.05) is 27.7 Å². The van der Waals surface area contributed by atoms with Gasteiger partial charge in [0.2, 0.25) is 10.0 Å². The summed E-state index contributed by atoms with van der Waals surface area (Å²) in [6.45, 7) is 8.53. The summed E-state index contributed by atoms with van der Waals surface area (Å²) in [6.07, 6.45) is 0. The molecule has 1 unspecified atom stereocenters. The molecule has 118 valence electrons. The summed E-state index contributed by atoms with van der Waals surface area (Å²) >= 11 is 0. The number of halogens is 1. The molecular formula is C14H21FN2O3S. The number of hydrogen-bond acceptors (Lipinski definition) is 3. The van der Waals surface area contributed by atoms with E-state index in [-0.39, 0.29) is 21.8 Å². The van der Waals surface area contributed by atoms with Crippen LogP contribution in [0.25, 0.3) is 0 Å². The summed E-state index contributed by atoms with van der Waals surface area (Å²) in [6, 6.07) is 2.98.